The van der Waals surface area contributed by atoms with Gasteiger partial charge in [0.05, 0.1) is 18.5 Å². The minimum Gasteiger partial charge on any atom is -0.493 e. The summed E-state index contributed by atoms with van der Waals surface area (Å²) in [5.74, 6) is -5.27. The van der Waals surface area contributed by atoms with Crippen LogP contribution in [0.3, 0.4) is 0 Å². The number of carbonyl (C=O) groups is 2. The van der Waals surface area contributed by atoms with Gasteiger partial charge in [-0.25, -0.2) is 17.8 Å². The number of aromatic amines is 1. The van der Waals surface area contributed by atoms with E-state index in [2.05, 4.69) is 30.9 Å². The van der Waals surface area contributed by atoms with Crippen LogP contribution in [-0.2, 0) is 4.79 Å². The maximum absolute atomic E-state index is 15.3. The molecule has 1 spiro atoms. The highest BCUT2D eigenvalue weighted by Gasteiger charge is 2.58. The Bertz CT molecular complexity index is 1730. The molecule has 1 aromatic carbocycles. The predicted molar refractivity (Wildman–Crippen MR) is 148 cm³/mol. The van der Waals surface area contributed by atoms with Gasteiger partial charge in [-0.1, -0.05) is 19.0 Å². The number of hydrogen-bond donors (Lipinski definition) is 3. The van der Waals surface area contributed by atoms with Crippen LogP contribution in [0.5, 0.6) is 5.75 Å². The zero-order valence-corrected chi connectivity index (χ0v) is 23.8. The molecule has 0 radical (unpaired) electrons. The molecule has 224 valence electrons. The van der Waals surface area contributed by atoms with E-state index in [1.165, 1.54) is 6.20 Å². The highest BCUT2D eigenvalue weighted by molar-refractivity contribution is 6.01. The zero-order valence-electron chi connectivity index (χ0n) is 23.8. The lowest BCUT2D eigenvalue weighted by molar-refractivity contribution is -0.119. The van der Waals surface area contributed by atoms with Crippen molar-refractivity contribution in [1.82, 2.24) is 25.6 Å². The van der Waals surface area contributed by atoms with Crippen LogP contribution in [0, 0.1) is 36.7 Å². The van der Waals surface area contributed by atoms with Crippen molar-refractivity contribution in [3.05, 3.63) is 76.3 Å². The lowest BCUT2D eigenvalue weighted by Gasteiger charge is -2.38. The van der Waals surface area contributed by atoms with E-state index in [0.717, 1.165) is 29.5 Å². The van der Waals surface area contributed by atoms with Gasteiger partial charge in [-0.05, 0) is 43.5 Å². The Balaban J connectivity index is 1.38. The number of amides is 2. The summed E-state index contributed by atoms with van der Waals surface area (Å²) in [4.78, 5) is 34.8. The summed E-state index contributed by atoms with van der Waals surface area (Å²) in [5, 5.41) is 12.9. The van der Waals surface area contributed by atoms with Crippen LogP contribution in [0.15, 0.2) is 35.2 Å². The second-order valence-corrected chi connectivity index (χ2v) is 11.6. The van der Waals surface area contributed by atoms with Gasteiger partial charge in [-0.15, -0.1) is 0 Å². The molecule has 1 aliphatic heterocycles. The fraction of sp³-hybridized carbons (Fsp3) is 0.367. The smallest absolute Gasteiger partial charge is 0.276 e. The largest absolute Gasteiger partial charge is 0.493 e. The summed E-state index contributed by atoms with van der Waals surface area (Å²) in [6.45, 7) is 7.36. The van der Waals surface area contributed by atoms with Crippen molar-refractivity contribution in [2.75, 3.05) is 11.9 Å². The third-order valence-corrected chi connectivity index (χ3v) is 8.25. The highest BCUT2D eigenvalue weighted by atomic mass is 19.2. The van der Waals surface area contributed by atoms with Crippen molar-refractivity contribution in [1.29, 1.82) is 0 Å². The average Bonchev–Trinajstić information content (AvgIpc) is 3.38. The number of nitrogens with zero attached hydrogens (tertiary/aromatic N) is 3. The Hall–Kier alpha value is -4.68. The van der Waals surface area contributed by atoms with Gasteiger partial charge in [0.2, 0.25) is 5.91 Å². The van der Waals surface area contributed by atoms with Crippen LogP contribution in [0.4, 0.5) is 18.9 Å². The van der Waals surface area contributed by atoms with Crippen LogP contribution in [0.1, 0.15) is 71.5 Å². The number of benzene rings is 1. The summed E-state index contributed by atoms with van der Waals surface area (Å²) in [6, 6.07) is 1.75. The summed E-state index contributed by atoms with van der Waals surface area (Å²) in [7, 11) is 0. The van der Waals surface area contributed by atoms with Crippen LogP contribution >= 0.6 is 0 Å². The van der Waals surface area contributed by atoms with Gasteiger partial charge in [0, 0.05) is 52.4 Å². The number of anilines is 1. The van der Waals surface area contributed by atoms with Gasteiger partial charge in [-0.3, -0.25) is 14.6 Å². The molecule has 2 atom stereocenters. The maximum Gasteiger partial charge on any atom is 0.276 e. The Kier molecular flexibility index (Phi) is 6.98. The number of carbonyl (C=O) groups excluding carboxylic acids is 2. The quantitative estimate of drug-likeness (QED) is 0.264. The van der Waals surface area contributed by atoms with Crippen molar-refractivity contribution >= 4 is 17.5 Å². The van der Waals surface area contributed by atoms with Crippen molar-refractivity contribution < 1.29 is 32.1 Å². The lowest BCUT2D eigenvalue weighted by Crippen LogP contribution is -2.52. The molecule has 0 bridgehead atoms. The Labute approximate surface area is 244 Å². The van der Waals surface area contributed by atoms with Gasteiger partial charge in [-0.2, -0.15) is 0 Å². The van der Waals surface area contributed by atoms with E-state index in [1.54, 1.807) is 27.0 Å². The van der Waals surface area contributed by atoms with Gasteiger partial charge in [0.25, 0.3) is 5.91 Å². The first-order chi connectivity index (χ1) is 20.5. The number of pyridine rings is 1. The van der Waals surface area contributed by atoms with Crippen LogP contribution in [-0.4, -0.2) is 44.7 Å². The summed E-state index contributed by atoms with van der Waals surface area (Å²) in [6.07, 6.45) is 4.31. The number of fused-ring (bicyclic) bond motifs is 1. The second kappa shape index (κ2) is 10.5. The number of nitrogens with one attached hydrogen (secondary N) is 3. The third-order valence-electron chi connectivity index (χ3n) is 8.25. The molecule has 4 heterocycles. The molecule has 3 aromatic heterocycles. The average molecular weight is 595 g/mol. The Morgan fingerprint density at radius 1 is 1.07 bits per heavy atom. The fourth-order valence-electron chi connectivity index (χ4n) is 5.88. The first kappa shape index (κ1) is 28.4. The SMILES string of the molecule is Cc1c[nH]c(C)c1-c1ncc(NC(=O)[C@@H](NC(=O)c2nonc2C(C)C)C2c3cc(F)c(F)cc3OCC23CC3)cc1F. The van der Waals surface area contributed by atoms with E-state index < -0.39 is 46.6 Å². The number of rotatable bonds is 7. The van der Waals surface area contributed by atoms with Crippen molar-refractivity contribution in [3.63, 3.8) is 0 Å². The number of aryl methyl sites for hydroxylation is 2. The summed E-state index contributed by atoms with van der Waals surface area (Å²) >= 11 is 0. The molecule has 4 aromatic rings. The molecule has 0 saturated heterocycles. The zero-order chi connectivity index (χ0) is 30.6. The molecular formula is C30H29F3N6O4. The number of ether oxygens (including phenoxy) is 1. The van der Waals surface area contributed by atoms with Gasteiger partial charge >= 0.3 is 0 Å². The number of halogens is 3. The molecule has 2 aliphatic rings. The van der Waals surface area contributed by atoms with Gasteiger partial charge < -0.3 is 20.4 Å². The molecule has 6 rings (SSSR count). The van der Waals surface area contributed by atoms with Gasteiger partial charge in [0.15, 0.2) is 23.1 Å². The minimum absolute atomic E-state index is 0.0460. The van der Waals surface area contributed by atoms with Crippen LogP contribution < -0.4 is 15.4 Å². The minimum atomic E-state index is -1.32. The number of hydrogen-bond acceptors (Lipinski definition) is 7. The molecule has 1 unspecified atom stereocenters. The van der Waals surface area contributed by atoms with Crippen LogP contribution in [0.2, 0.25) is 0 Å². The first-order valence-corrected chi connectivity index (χ1v) is 13.9. The molecule has 13 heteroatoms. The van der Waals surface area contributed by atoms with E-state index in [0.29, 0.717) is 18.4 Å². The molecule has 1 aliphatic carbocycles. The Morgan fingerprint density at radius 3 is 2.47 bits per heavy atom. The standard InChI is InChI=1S/C30H29F3N6O4/c1-13(2)24-27(39-43-38-24)29(41)37-26(23-17-8-18(31)19(32)9-21(17)42-12-30(23)5-6-30)28(40)36-16-7-20(33)25(35-11-16)22-14(3)10-34-15(22)4/h7-11,13,23,26,34H,5-6,12H2,1-4H3,(H,36,40)(H,37,41)/t23?,26-/m0/s1. The molecule has 1 saturated carbocycles. The maximum atomic E-state index is 15.3. The molecule has 2 amide bonds. The molecule has 1 fully saturated rings. The van der Waals surface area contributed by atoms with E-state index in [1.807, 2.05) is 6.92 Å². The van der Waals surface area contributed by atoms with E-state index in [-0.39, 0.29) is 46.6 Å². The number of aromatic nitrogens is 4. The molecule has 10 nitrogen and oxygen atoms in total. The normalized spacial score (nSPS) is 17.3. The van der Waals surface area contributed by atoms with E-state index in [9.17, 15) is 18.4 Å². The van der Waals surface area contributed by atoms with Crippen molar-refractivity contribution in [3.8, 4) is 17.0 Å². The predicted octanol–water partition coefficient (Wildman–Crippen LogP) is 5.31. The second-order valence-electron chi connectivity index (χ2n) is 11.6. The number of H-pyrrole nitrogens is 1. The fourth-order valence-corrected chi connectivity index (χ4v) is 5.88. The topological polar surface area (TPSA) is 135 Å². The first-order valence-electron chi connectivity index (χ1n) is 13.9. The van der Waals surface area contributed by atoms with Crippen LogP contribution in [0.25, 0.3) is 11.3 Å². The van der Waals surface area contributed by atoms with Crippen molar-refractivity contribution in [2.24, 2.45) is 5.41 Å². The van der Waals surface area contributed by atoms with E-state index in [4.69, 9.17) is 9.37 Å². The molecular weight excluding hydrogens is 565 g/mol. The molecule has 3 N–H and O–H groups in total. The molecule has 43 heavy (non-hydrogen) atoms. The third kappa shape index (κ3) is 5.02. The summed E-state index contributed by atoms with van der Waals surface area (Å²) < 4.78 is 54.6. The lowest BCUT2D eigenvalue weighted by atomic mass is 9.75. The van der Waals surface area contributed by atoms with Gasteiger partial charge in [0.1, 0.15) is 23.2 Å². The highest BCUT2D eigenvalue weighted by Crippen LogP contribution is 2.61. The monoisotopic (exact) mass is 594 g/mol. The van der Waals surface area contributed by atoms with E-state index >= 15 is 4.39 Å². The van der Waals surface area contributed by atoms with Crippen molar-refractivity contribution in [2.45, 2.75) is 58.4 Å². The summed E-state index contributed by atoms with van der Waals surface area (Å²) in [5.41, 5.74) is 2.13. The Morgan fingerprint density at radius 2 is 1.81 bits per heavy atom.